The molecule has 0 saturated heterocycles. The van der Waals surface area contributed by atoms with Crippen LogP contribution in [-0.4, -0.2) is 28.4 Å². The van der Waals surface area contributed by atoms with Gasteiger partial charge in [-0.1, -0.05) is 12.1 Å². The van der Waals surface area contributed by atoms with Gasteiger partial charge >= 0.3 is 12.2 Å². The van der Waals surface area contributed by atoms with Crippen LogP contribution in [0.4, 0.5) is 9.59 Å². The molecule has 1 aliphatic rings. The number of benzene rings is 1. The van der Waals surface area contributed by atoms with Gasteiger partial charge in [-0.15, -0.1) is 0 Å². The maximum atomic E-state index is 10.9. The predicted octanol–water partition coefficient (Wildman–Crippen LogP) is 2.18. The van der Waals surface area contributed by atoms with Crippen molar-refractivity contribution in [2.45, 2.75) is 24.9 Å². The summed E-state index contributed by atoms with van der Waals surface area (Å²) >= 11 is 2.14. The second kappa shape index (κ2) is 5.64. The topological polar surface area (TPSA) is 98.7 Å². The number of aryl methyl sites for hydroxylation is 1. The van der Waals surface area contributed by atoms with Crippen LogP contribution in [0.5, 0.6) is 0 Å². The SMILES string of the molecule is O=C(O)N[C@@H]1CCc2cccc(I)c2[C@@H]1NC(=O)O. The number of hydrogen-bond donors (Lipinski definition) is 4. The van der Waals surface area contributed by atoms with Crippen molar-refractivity contribution in [1.29, 1.82) is 0 Å². The molecule has 2 atom stereocenters. The summed E-state index contributed by atoms with van der Waals surface area (Å²) in [6.07, 6.45) is -0.995. The van der Waals surface area contributed by atoms with Crippen LogP contribution in [0.25, 0.3) is 0 Å². The van der Waals surface area contributed by atoms with Gasteiger partial charge in [0.05, 0.1) is 12.1 Å². The van der Waals surface area contributed by atoms with Crippen LogP contribution in [0.3, 0.4) is 0 Å². The number of fused-ring (bicyclic) bond motifs is 1. The zero-order valence-electron chi connectivity index (χ0n) is 9.89. The van der Waals surface area contributed by atoms with Gasteiger partial charge in [0.1, 0.15) is 0 Å². The second-order valence-corrected chi connectivity index (χ2v) is 5.50. The zero-order valence-corrected chi connectivity index (χ0v) is 12.0. The van der Waals surface area contributed by atoms with E-state index in [0.717, 1.165) is 21.1 Å². The van der Waals surface area contributed by atoms with E-state index in [1.807, 2.05) is 18.2 Å². The Hall–Kier alpha value is -1.51. The average molecular weight is 376 g/mol. The first kappa shape index (κ1) is 13.9. The first-order valence-electron chi connectivity index (χ1n) is 5.75. The lowest BCUT2D eigenvalue weighted by Crippen LogP contribution is -2.48. The maximum absolute atomic E-state index is 10.9. The number of halogens is 1. The molecule has 1 aromatic carbocycles. The quantitative estimate of drug-likeness (QED) is 0.595. The molecule has 0 unspecified atom stereocenters. The number of rotatable bonds is 2. The lowest BCUT2D eigenvalue weighted by molar-refractivity contribution is 0.172. The molecule has 2 rings (SSSR count). The van der Waals surface area contributed by atoms with Crippen molar-refractivity contribution in [1.82, 2.24) is 10.6 Å². The van der Waals surface area contributed by atoms with E-state index >= 15 is 0 Å². The smallest absolute Gasteiger partial charge is 0.405 e. The van der Waals surface area contributed by atoms with Crippen LogP contribution in [-0.2, 0) is 6.42 Å². The fourth-order valence-electron chi connectivity index (χ4n) is 2.45. The van der Waals surface area contributed by atoms with E-state index in [1.54, 1.807) is 0 Å². The van der Waals surface area contributed by atoms with Gasteiger partial charge in [-0.3, -0.25) is 0 Å². The molecular weight excluding hydrogens is 363 g/mol. The molecule has 0 heterocycles. The Morgan fingerprint density at radius 3 is 2.53 bits per heavy atom. The molecule has 2 amide bonds. The van der Waals surface area contributed by atoms with Gasteiger partial charge in [-0.2, -0.15) is 0 Å². The summed E-state index contributed by atoms with van der Waals surface area (Å²) in [6, 6.07) is 4.76. The van der Waals surface area contributed by atoms with E-state index in [2.05, 4.69) is 33.2 Å². The van der Waals surface area contributed by atoms with Gasteiger partial charge in [0.2, 0.25) is 0 Å². The Morgan fingerprint density at radius 2 is 1.89 bits per heavy atom. The monoisotopic (exact) mass is 376 g/mol. The van der Waals surface area contributed by atoms with Crippen LogP contribution in [0, 0.1) is 3.57 Å². The third-order valence-corrected chi connectivity index (χ3v) is 4.11. The summed E-state index contributed by atoms with van der Waals surface area (Å²) in [6.45, 7) is 0. The highest BCUT2D eigenvalue weighted by atomic mass is 127. The minimum atomic E-state index is -1.16. The van der Waals surface area contributed by atoms with Crippen molar-refractivity contribution < 1.29 is 19.8 Å². The molecule has 7 heteroatoms. The van der Waals surface area contributed by atoms with Crippen LogP contribution in [0.15, 0.2) is 18.2 Å². The van der Waals surface area contributed by atoms with Crippen molar-refractivity contribution in [2.24, 2.45) is 0 Å². The largest absolute Gasteiger partial charge is 0.465 e. The highest BCUT2D eigenvalue weighted by Gasteiger charge is 2.33. The molecule has 1 aromatic rings. The molecule has 6 nitrogen and oxygen atoms in total. The van der Waals surface area contributed by atoms with Crippen molar-refractivity contribution in [3.05, 3.63) is 32.9 Å². The molecule has 0 aliphatic heterocycles. The van der Waals surface area contributed by atoms with Crippen LogP contribution >= 0.6 is 22.6 Å². The van der Waals surface area contributed by atoms with Crippen molar-refractivity contribution in [2.75, 3.05) is 0 Å². The molecule has 0 aromatic heterocycles. The molecule has 0 spiro atoms. The van der Waals surface area contributed by atoms with Gasteiger partial charge in [0.15, 0.2) is 0 Å². The van der Waals surface area contributed by atoms with Gasteiger partial charge in [0, 0.05) is 3.57 Å². The predicted molar refractivity (Wildman–Crippen MR) is 76.3 cm³/mol. The number of hydrogen-bond acceptors (Lipinski definition) is 2. The normalized spacial score (nSPS) is 21.3. The third-order valence-electron chi connectivity index (χ3n) is 3.17. The number of carboxylic acid groups (broad SMARTS) is 2. The highest BCUT2D eigenvalue weighted by Crippen LogP contribution is 2.33. The van der Waals surface area contributed by atoms with E-state index in [1.165, 1.54) is 0 Å². The second-order valence-electron chi connectivity index (χ2n) is 4.33. The summed E-state index contributed by atoms with van der Waals surface area (Å²) in [5.41, 5.74) is 1.93. The average Bonchev–Trinajstić information content (AvgIpc) is 2.31. The third kappa shape index (κ3) is 3.09. The Kier molecular flexibility index (Phi) is 4.13. The molecule has 1 aliphatic carbocycles. The Bertz CT molecular complexity index is 520. The summed E-state index contributed by atoms with van der Waals surface area (Å²) in [5, 5.41) is 22.6. The van der Waals surface area contributed by atoms with Crippen molar-refractivity contribution in [3.8, 4) is 0 Å². The van der Waals surface area contributed by atoms with Gasteiger partial charge < -0.3 is 20.8 Å². The summed E-state index contributed by atoms with van der Waals surface area (Å²) < 4.78 is 0.936. The fraction of sp³-hybridized carbons (Fsp3) is 0.333. The Labute approximate surface area is 123 Å². The lowest BCUT2D eigenvalue weighted by Gasteiger charge is -2.34. The van der Waals surface area contributed by atoms with Crippen LogP contribution in [0.1, 0.15) is 23.6 Å². The van der Waals surface area contributed by atoms with Gasteiger partial charge in [0.25, 0.3) is 0 Å². The van der Waals surface area contributed by atoms with Gasteiger partial charge in [-0.25, -0.2) is 9.59 Å². The summed E-state index contributed by atoms with van der Waals surface area (Å²) in [4.78, 5) is 21.7. The molecule has 0 bridgehead atoms. The maximum Gasteiger partial charge on any atom is 0.405 e. The van der Waals surface area contributed by atoms with Crippen molar-refractivity contribution in [3.63, 3.8) is 0 Å². The molecular formula is C12H13IN2O4. The van der Waals surface area contributed by atoms with Crippen LogP contribution in [0.2, 0.25) is 0 Å². The number of amides is 2. The fourth-order valence-corrected chi connectivity index (χ4v) is 3.34. The summed E-state index contributed by atoms with van der Waals surface area (Å²) in [7, 11) is 0. The Morgan fingerprint density at radius 1 is 1.21 bits per heavy atom. The minimum Gasteiger partial charge on any atom is -0.465 e. The molecule has 102 valence electrons. The summed E-state index contributed by atoms with van der Waals surface area (Å²) in [5.74, 6) is 0. The van der Waals surface area contributed by atoms with Crippen molar-refractivity contribution >= 4 is 34.8 Å². The van der Waals surface area contributed by atoms with E-state index in [4.69, 9.17) is 10.2 Å². The minimum absolute atomic E-state index is 0.447. The zero-order chi connectivity index (χ0) is 14.0. The lowest BCUT2D eigenvalue weighted by atomic mass is 9.84. The molecule has 4 N–H and O–H groups in total. The van der Waals surface area contributed by atoms with E-state index in [-0.39, 0.29) is 0 Å². The first-order chi connectivity index (χ1) is 8.99. The van der Waals surface area contributed by atoms with E-state index in [9.17, 15) is 9.59 Å². The molecule has 0 radical (unpaired) electrons. The molecule has 19 heavy (non-hydrogen) atoms. The molecule has 0 saturated carbocycles. The first-order valence-corrected chi connectivity index (χ1v) is 6.83. The molecule has 0 fully saturated rings. The number of nitrogens with one attached hydrogen (secondary N) is 2. The Balaban J connectivity index is 2.39. The van der Waals surface area contributed by atoms with Gasteiger partial charge in [-0.05, 0) is 52.6 Å². The van der Waals surface area contributed by atoms with E-state index < -0.39 is 24.3 Å². The highest BCUT2D eigenvalue weighted by molar-refractivity contribution is 14.1. The van der Waals surface area contributed by atoms with E-state index in [0.29, 0.717) is 6.42 Å². The standard InChI is InChI=1S/C12H13IN2O4/c13-7-3-1-2-6-4-5-8(14-11(16)17)10(9(6)7)15-12(18)19/h1-3,8,10,14-15H,4-5H2,(H,16,17)(H,18,19)/t8-,10-/m1/s1. The number of carbonyl (C=O) groups is 2. The van der Waals surface area contributed by atoms with Crippen LogP contribution < -0.4 is 10.6 Å².